The number of nitrogens with zero attached hydrogens (tertiary/aromatic N) is 3. The summed E-state index contributed by atoms with van der Waals surface area (Å²) in [5, 5.41) is 1.55. The Bertz CT molecular complexity index is 1210. The molecule has 2 aliphatic rings. The first kappa shape index (κ1) is 20.9. The number of thioether (sulfide) groups is 1. The fraction of sp³-hybridized carbons (Fsp3) is 0.200. The largest absolute Gasteiger partial charge is 0.457 e. The second-order valence-electron chi connectivity index (χ2n) is 7.79. The maximum atomic E-state index is 12.5. The number of hydrogen-bond donors (Lipinski definition) is 0. The van der Waals surface area contributed by atoms with Crippen molar-refractivity contribution in [3.8, 4) is 11.3 Å². The number of aryl methyl sites for hydroxylation is 1. The molecule has 32 heavy (non-hydrogen) atoms. The van der Waals surface area contributed by atoms with Crippen LogP contribution in [0.4, 0.5) is 5.69 Å². The lowest BCUT2D eigenvalue weighted by Crippen LogP contribution is -2.47. The van der Waals surface area contributed by atoms with Gasteiger partial charge in [-0.1, -0.05) is 48.0 Å². The Kier molecular flexibility index (Phi) is 5.81. The molecule has 3 heterocycles. The van der Waals surface area contributed by atoms with E-state index in [0.717, 1.165) is 58.9 Å². The van der Waals surface area contributed by atoms with E-state index in [4.69, 9.17) is 16.0 Å². The van der Waals surface area contributed by atoms with Crippen LogP contribution >= 0.6 is 23.4 Å². The number of halogens is 1. The molecule has 2 aromatic carbocycles. The second kappa shape index (κ2) is 8.88. The average molecular weight is 464 g/mol. The third kappa shape index (κ3) is 4.33. The van der Waals surface area contributed by atoms with Crippen molar-refractivity contribution in [1.82, 2.24) is 4.90 Å². The summed E-state index contributed by atoms with van der Waals surface area (Å²) in [5.74, 6) is 1.22. The highest BCUT2D eigenvalue weighted by atomic mass is 35.5. The molecule has 0 radical (unpaired) electrons. The van der Waals surface area contributed by atoms with Crippen LogP contribution in [-0.4, -0.2) is 42.2 Å². The molecule has 7 heteroatoms. The van der Waals surface area contributed by atoms with Gasteiger partial charge in [-0.05, 0) is 48.5 Å². The van der Waals surface area contributed by atoms with E-state index in [9.17, 15) is 4.79 Å². The molecular weight excluding hydrogens is 442 g/mol. The summed E-state index contributed by atoms with van der Waals surface area (Å²) in [6.07, 6.45) is 1.78. The van der Waals surface area contributed by atoms with Crippen LogP contribution in [0.15, 0.2) is 75.0 Å². The zero-order chi connectivity index (χ0) is 22.1. The van der Waals surface area contributed by atoms with Crippen molar-refractivity contribution in [1.29, 1.82) is 0 Å². The number of carbonyl (C=O) groups excluding carboxylic acids is 1. The van der Waals surface area contributed by atoms with Crippen molar-refractivity contribution >= 4 is 46.2 Å². The van der Waals surface area contributed by atoms with Gasteiger partial charge in [-0.3, -0.25) is 4.79 Å². The number of furan rings is 1. The molecule has 5 rings (SSSR count). The molecule has 0 atom stereocenters. The van der Waals surface area contributed by atoms with Crippen LogP contribution in [0.2, 0.25) is 5.02 Å². The van der Waals surface area contributed by atoms with Gasteiger partial charge in [0.25, 0.3) is 5.91 Å². The highest BCUT2D eigenvalue weighted by Crippen LogP contribution is 2.32. The van der Waals surface area contributed by atoms with E-state index in [-0.39, 0.29) is 5.91 Å². The van der Waals surface area contributed by atoms with E-state index in [0.29, 0.717) is 10.7 Å². The van der Waals surface area contributed by atoms with Gasteiger partial charge in [0.05, 0.1) is 4.91 Å². The first-order valence-electron chi connectivity index (χ1n) is 10.5. The van der Waals surface area contributed by atoms with Gasteiger partial charge in [0.2, 0.25) is 0 Å². The van der Waals surface area contributed by atoms with Crippen molar-refractivity contribution in [2.75, 3.05) is 31.1 Å². The Morgan fingerprint density at radius 1 is 1.00 bits per heavy atom. The third-order valence-corrected chi connectivity index (χ3v) is 7.09. The summed E-state index contributed by atoms with van der Waals surface area (Å²) in [7, 11) is 0. The summed E-state index contributed by atoms with van der Waals surface area (Å²) in [4.78, 5) is 21.9. The maximum absolute atomic E-state index is 12.5. The molecule has 0 spiro atoms. The van der Waals surface area contributed by atoms with Crippen LogP contribution in [0.5, 0.6) is 0 Å². The summed E-state index contributed by atoms with van der Waals surface area (Å²) in [5.41, 5.74) is 3.22. The first-order valence-corrected chi connectivity index (χ1v) is 11.7. The lowest BCUT2D eigenvalue weighted by molar-refractivity contribution is -0.113. The smallest absolute Gasteiger partial charge is 0.286 e. The van der Waals surface area contributed by atoms with E-state index in [2.05, 4.69) is 26.9 Å². The molecule has 0 saturated carbocycles. The van der Waals surface area contributed by atoms with Crippen molar-refractivity contribution < 1.29 is 9.21 Å². The molecule has 5 nitrogen and oxygen atoms in total. The number of amidine groups is 1. The molecule has 2 aliphatic heterocycles. The van der Waals surface area contributed by atoms with Crippen molar-refractivity contribution in [3.05, 3.63) is 81.9 Å². The van der Waals surface area contributed by atoms with Crippen LogP contribution in [0.25, 0.3) is 17.4 Å². The predicted molar refractivity (Wildman–Crippen MR) is 132 cm³/mol. The number of piperazine rings is 1. The molecular formula is C25H22ClN3O2S. The van der Waals surface area contributed by atoms with E-state index < -0.39 is 0 Å². The third-order valence-electron chi connectivity index (χ3n) is 5.64. The van der Waals surface area contributed by atoms with Crippen LogP contribution in [0, 0.1) is 6.92 Å². The fourth-order valence-electron chi connectivity index (χ4n) is 3.78. The number of carbonyl (C=O) groups is 1. The molecule has 1 aromatic heterocycles. The molecule has 1 amide bonds. The van der Waals surface area contributed by atoms with E-state index in [1.54, 1.807) is 6.08 Å². The van der Waals surface area contributed by atoms with E-state index in [1.165, 1.54) is 11.8 Å². The average Bonchev–Trinajstić information content (AvgIpc) is 3.43. The second-order valence-corrected chi connectivity index (χ2v) is 9.20. The molecule has 0 unspecified atom stereocenters. The van der Waals surface area contributed by atoms with Gasteiger partial charge in [0.15, 0.2) is 5.17 Å². The Morgan fingerprint density at radius 2 is 1.75 bits per heavy atom. The van der Waals surface area contributed by atoms with Gasteiger partial charge < -0.3 is 14.2 Å². The predicted octanol–water partition coefficient (Wildman–Crippen LogP) is 5.70. The maximum Gasteiger partial charge on any atom is 0.286 e. The van der Waals surface area contributed by atoms with Gasteiger partial charge in [-0.15, -0.1) is 0 Å². The van der Waals surface area contributed by atoms with Gasteiger partial charge in [-0.25, -0.2) is 0 Å². The highest BCUT2D eigenvalue weighted by Gasteiger charge is 2.29. The minimum Gasteiger partial charge on any atom is -0.457 e. The van der Waals surface area contributed by atoms with Crippen LogP contribution in [-0.2, 0) is 4.79 Å². The van der Waals surface area contributed by atoms with Crippen LogP contribution < -0.4 is 4.90 Å². The van der Waals surface area contributed by atoms with Crippen molar-refractivity contribution in [2.24, 2.45) is 4.99 Å². The molecule has 0 N–H and O–H groups in total. The molecule has 1 fully saturated rings. The lowest BCUT2D eigenvalue weighted by Gasteiger charge is -2.36. The van der Waals surface area contributed by atoms with Crippen LogP contribution in [0.3, 0.4) is 0 Å². The van der Waals surface area contributed by atoms with Crippen LogP contribution in [0.1, 0.15) is 11.3 Å². The summed E-state index contributed by atoms with van der Waals surface area (Å²) in [6, 6.07) is 19.9. The summed E-state index contributed by atoms with van der Waals surface area (Å²) in [6.45, 7) is 5.32. The number of aliphatic imine (C=N–C) groups is 1. The zero-order valence-electron chi connectivity index (χ0n) is 17.6. The fourth-order valence-corrected chi connectivity index (χ4v) is 4.90. The minimum atomic E-state index is -0.213. The minimum absolute atomic E-state index is 0.213. The number of anilines is 1. The Balaban J connectivity index is 1.23. The lowest BCUT2D eigenvalue weighted by atomic mass is 10.2. The van der Waals surface area contributed by atoms with Gasteiger partial charge in [0, 0.05) is 48.5 Å². The SMILES string of the molecule is Cc1ccc(N2CCN(C3=NC(=O)/C(=C\c4ccc(-c5ccccc5)o4)S3)CC2)cc1Cl. The van der Waals surface area contributed by atoms with Gasteiger partial charge >= 0.3 is 0 Å². The number of rotatable bonds is 3. The normalized spacial score (nSPS) is 17.9. The Morgan fingerprint density at radius 3 is 2.50 bits per heavy atom. The molecule has 3 aromatic rings. The number of hydrogen-bond acceptors (Lipinski definition) is 5. The Hall–Kier alpha value is -2.96. The monoisotopic (exact) mass is 463 g/mol. The summed E-state index contributed by atoms with van der Waals surface area (Å²) >= 11 is 7.70. The summed E-state index contributed by atoms with van der Waals surface area (Å²) < 4.78 is 5.92. The van der Waals surface area contributed by atoms with E-state index in [1.807, 2.05) is 55.5 Å². The number of benzene rings is 2. The molecule has 162 valence electrons. The molecule has 0 aliphatic carbocycles. The Labute approximate surface area is 196 Å². The quantitative estimate of drug-likeness (QED) is 0.466. The number of amides is 1. The first-order chi connectivity index (χ1) is 15.6. The van der Waals surface area contributed by atoms with Crippen molar-refractivity contribution in [2.45, 2.75) is 6.92 Å². The highest BCUT2D eigenvalue weighted by molar-refractivity contribution is 8.18. The zero-order valence-corrected chi connectivity index (χ0v) is 19.2. The van der Waals surface area contributed by atoms with Gasteiger partial charge in [0.1, 0.15) is 11.5 Å². The molecule has 1 saturated heterocycles. The topological polar surface area (TPSA) is 49.0 Å². The van der Waals surface area contributed by atoms with Crippen molar-refractivity contribution in [3.63, 3.8) is 0 Å². The van der Waals surface area contributed by atoms with Gasteiger partial charge in [-0.2, -0.15) is 4.99 Å². The molecule has 0 bridgehead atoms. The standard InChI is InChI=1S/C25H22ClN3O2S/c1-17-7-8-19(15-21(17)26)28-11-13-29(14-12-28)25-27-24(30)23(32-25)16-20-9-10-22(31-20)18-5-3-2-4-6-18/h2-10,15-16H,11-14H2,1H3/b23-16+. The van der Waals surface area contributed by atoms with E-state index >= 15 is 0 Å².